The number of likely N-dealkylation sites (tertiary alicyclic amines) is 2. The van der Waals surface area contributed by atoms with Gasteiger partial charge in [0.05, 0.1) is 12.0 Å². The smallest absolute Gasteiger partial charge is 0.223 e. The number of hydrogen-bond donors (Lipinski definition) is 0. The predicted octanol–water partition coefficient (Wildman–Crippen LogP) is 1.95. The highest BCUT2D eigenvalue weighted by Gasteiger charge is 2.44. The Bertz CT molecular complexity index is 553. The van der Waals surface area contributed by atoms with Gasteiger partial charge >= 0.3 is 0 Å². The second-order valence-electron chi connectivity index (χ2n) is 6.64. The number of hydrogen-bond acceptors (Lipinski definition) is 3. The molecule has 1 amide bonds. The van der Waals surface area contributed by atoms with Crippen LogP contribution in [0.3, 0.4) is 0 Å². The Morgan fingerprint density at radius 3 is 2.95 bits per heavy atom. The van der Waals surface area contributed by atoms with Crippen LogP contribution in [0.25, 0.3) is 0 Å². The molecule has 5 heteroatoms. The summed E-state index contributed by atoms with van der Waals surface area (Å²) in [5.74, 6) is 0.306. The van der Waals surface area contributed by atoms with Crippen LogP contribution in [0.2, 0.25) is 0 Å². The molecule has 0 saturated carbocycles. The van der Waals surface area contributed by atoms with Gasteiger partial charge in [0, 0.05) is 44.8 Å². The van der Waals surface area contributed by atoms with Crippen molar-refractivity contribution in [3.63, 3.8) is 0 Å². The second-order valence-corrected chi connectivity index (χ2v) is 6.64. The Morgan fingerprint density at radius 2 is 2.23 bits per heavy atom. The van der Waals surface area contributed by atoms with Crippen molar-refractivity contribution in [3.05, 3.63) is 30.9 Å². The fraction of sp³-hybridized carbons (Fsp3) is 0.647. The topological polar surface area (TPSA) is 41.4 Å². The molecule has 1 aromatic heterocycles. The first kappa shape index (κ1) is 15.3. The third-order valence-electron chi connectivity index (χ3n) is 5.30. The molecule has 1 unspecified atom stereocenters. The lowest BCUT2D eigenvalue weighted by atomic mass is 9.88. The van der Waals surface area contributed by atoms with E-state index in [2.05, 4.69) is 25.9 Å². The summed E-state index contributed by atoms with van der Waals surface area (Å²) in [6, 6.07) is 0. The molecule has 1 aromatic rings. The lowest BCUT2D eigenvalue weighted by Gasteiger charge is -2.37. The van der Waals surface area contributed by atoms with E-state index in [4.69, 9.17) is 0 Å². The quantitative estimate of drug-likeness (QED) is 0.798. The van der Waals surface area contributed by atoms with Crippen molar-refractivity contribution < 1.29 is 4.79 Å². The summed E-state index contributed by atoms with van der Waals surface area (Å²) >= 11 is 0. The van der Waals surface area contributed by atoms with Crippen molar-refractivity contribution in [2.24, 2.45) is 7.05 Å². The molecule has 2 fully saturated rings. The molecule has 2 aliphatic heterocycles. The lowest BCUT2D eigenvalue weighted by Crippen LogP contribution is -2.46. The molecule has 3 rings (SSSR count). The number of carbonyl (C=O) groups is 1. The Morgan fingerprint density at radius 1 is 1.36 bits per heavy atom. The molecule has 2 saturated heterocycles. The number of nitrogens with zero attached hydrogens (tertiary/aromatic N) is 4. The first-order chi connectivity index (χ1) is 10.6. The molecule has 1 spiro atoms. The zero-order valence-electron chi connectivity index (χ0n) is 13.5. The van der Waals surface area contributed by atoms with E-state index in [1.165, 1.54) is 5.69 Å². The maximum absolute atomic E-state index is 12.2. The summed E-state index contributed by atoms with van der Waals surface area (Å²) in [5, 5.41) is 0. The normalized spacial score (nSPS) is 26.6. The molecule has 0 bridgehead atoms. The summed E-state index contributed by atoms with van der Waals surface area (Å²) in [5.41, 5.74) is 1.33. The molecule has 2 aliphatic rings. The van der Waals surface area contributed by atoms with Gasteiger partial charge in [-0.2, -0.15) is 0 Å². The van der Waals surface area contributed by atoms with Gasteiger partial charge < -0.3 is 9.47 Å². The van der Waals surface area contributed by atoms with Crippen LogP contribution in [-0.4, -0.2) is 50.4 Å². The van der Waals surface area contributed by atoms with Gasteiger partial charge in [0.15, 0.2) is 0 Å². The molecular formula is C17H26N4O. The van der Waals surface area contributed by atoms with Crippen molar-refractivity contribution in [3.8, 4) is 0 Å². The molecule has 120 valence electrons. The van der Waals surface area contributed by atoms with E-state index < -0.39 is 0 Å². The van der Waals surface area contributed by atoms with E-state index in [9.17, 15) is 4.79 Å². The van der Waals surface area contributed by atoms with Gasteiger partial charge in [-0.1, -0.05) is 6.08 Å². The van der Waals surface area contributed by atoms with Crippen LogP contribution in [0.5, 0.6) is 0 Å². The van der Waals surface area contributed by atoms with Gasteiger partial charge in [-0.05, 0) is 32.2 Å². The molecular weight excluding hydrogens is 276 g/mol. The van der Waals surface area contributed by atoms with Crippen molar-refractivity contribution in [2.75, 3.05) is 19.6 Å². The van der Waals surface area contributed by atoms with E-state index in [1.54, 1.807) is 0 Å². The summed E-state index contributed by atoms with van der Waals surface area (Å²) in [7, 11) is 2.04. The first-order valence-electron chi connectivity index (χ1n) is 8.23. The molecule has 0 aliphatic carbocycles. The number of carbonyl (C=O) groups excluding carboxylic acids is 1. The Hall–Kier alpha value is -1.62. The van der Waals surface area contributed by atoms with Gasteiger partial charge in [-0.3, -0.25) is 9.69 Å². The number of rotatable bonds is 4. The Kier molecular flexibility index (Phi) is 4.34. The van der Waals surface area contributed by atoms with Crippen LogP contribution in [0, 0.1) is 0 Å². The third kappa shape index (κ3) is 2.82. The average Bonchev–Trinajstić information content (AvgIpc) is 2.95. The van der Waals surface area contributed by atoms with E-state index in [1.807, 2.05) is 25.6 Å². The zero-order chi connectivity index (χ0) is 15.6. The number of aryl methyl sites for hydroxylation is 1. The van der Waals surface area contributed by atoms with E-state index in [-0.39, 0.29) is 5.54 Å². The van der Waals surface area contributed by atoms with Gasteiger partial charge in [-0.15, -0.1) is 6.58 Å². The van der Waals surface area contributed by atoms with Crippen LogP contribution in [0.4, 0.5) is 0 Å². The van der Waals surface area contributed by atoms with Crippen LogP contribution in [0.15, 0.2) is 25.2 Å². The number of imidazole rings is 1. The minimum absolute atomic E-state index is 0.0759. The Balaban J connectivity index is 1.68. The fourth-order valence-corrected chi connectivity index (χ4v) is 3.98. The van der Waals surface area contributed by atoms with Crippen molar-refractivity contribution in [2.45, 2.75) is 44.2 Å². The monoisotopic (exact) mass is 302 g/mol. The minimum Gasteiger partial charge on any atom is -0.337 e. The standard InChI is InChI=1S/C17H26N4O/c1-3-9-21-16(22)5-7-17(21)6-4-10-20(11-8-17)13-15-12-18-14-19(15)2/h3,12,14H,1,4-11,13H2,2H3. The Labute approximate surface area is 132 Å². The number of amides is 1. The summed E-state index contributed by atoms with van der Waals surface area (Å²) in [6.07, 6.45) is 10.7. The van der Waals surface area contributed by atoms with Gasteiger partial charge in [0.25, 0.3) is 0 Å². The predicted molar refractivity (Wildman–Crippen MR) is 86.2 cm³/mol. The molecule has 3 heterocycles. The van der Waals surface area contributed by atoms with Crippen LogP contribution < -0.4 is 0 Å². The highest BCUT2D eigenvalue weighted by atomic mass is 16.2. The average molecular weight is 302 g/mol. The maximum atomic E-state index is 12.2. The molecule has 22 heavy (non-hydrogen) atoms. The minimum atomic E-state index is 0.0759. The van der Waals surface area contributed by atoms with Gasteiger partial charge in [-0.25, -0.2) is 4.98 Å². The highest BCUT2D eigenvalue weighted by molar-refractivity contribution is 5.79. The maximum Gasteiger partial charge on any atom is 0.223 e. The third-order valence-corrected chi connectivity index (χ3v) is 5.30. The molecule has 1 atom stereocenters. The summed E-state index contributed by atoms with van der Waals surface area (Å²) in [4.78, 5) is 21.0. The van der Waals surface area contributed by atoms with Crippen LogP contribution in [-0.2, 0) is 18.4 Å². The molecule has 0 aromatic carbocycles. The molecule has 0 N–H and O–H groups in total. The van der Waals surface area contributed by atoms with E-state index in [0.29, 0.717) is 18.9 Å². The van der Waals surface area contributed by atoms with Crippen molar-refractivity contribution in [1.82, 2.24) is 19.4 Å². The van der Waals surface area contributed by atoms with Gasteiger partial charge in [0.2, 0.25) is 5.91 Å². The zero-order valence-corrected chi connectivity index (χ0v) is 13.5. The molecule has 0 radical (unpaired) electrons. The van der Waals surface area contributed by atoms with Gasteiger partial charge in [0.1, 0.15) is 0 Å². The largest absolute Gasteiger partial charge is 0.337 e. The number of aromatic nitrogens is 2. The SMILES string of the molecule is C=CCN1C(=O)CCC12CCCN(Cc1cncn1C)CC2. The van der Waals surface area contributed by atoms with Crippen LogP contribution >= 0.6 is 0 Å². The van der Waals surface area contributed by atoms with E-state index >= 15 is 0 Å². The first-order valence-corrected chi connectivity index (χ1v) is 8.23. The van der Waals surface area contributed by atoms with Crippen LogP contribution in [0.1, 0.15) is 37.8 Å². The summed E-state index contributed by atoms with van der Waals surface area (Å²) < 4.78 is 2.09. The highest BCUT2D eigenvalue weighted by Crippen LogP contribution is 2.39. The van der Waals surface area contributed by atoms with Crippen molar-refractivity contribution in [1.29, 1.82) is 0 Å². The fourth-order valence-electron chi connectivity index (χ4n) is 3.98. The van der Waals surface area contributed by atoms with Crippen molar-refractivity contribution >= 4 is 5.91 Å². The van der Waals surface area contributed by atoms with E-state index in [0.717, 1.165) is 45.3 Å². The second kappa shape index (κ2) is 6.24. The lowest BCUT2D eigenvalue weighted by molar-refractivity contribution is -0.130. The summed E-state index contributed by atoms with van der Waals surface area (Å²) in [6.45, 7) is 7.61. The molecule has 5 nitrogen and oxygen atoms in total.